The fraction of sp³-hybridized carbons (Fsp3) is 0.400. The molecule has 2 N–H and O–H groups in total. The second kappa shape index (κ2) is 8.19. The first-order valence-corrected chi connectivity index (χ1v) is 8.52. The Hall–Kier alpha value is -2.60. The first-order chi connectivity index (χ1) is 12.2. The summed E-state index contributed by atoms with van der Waals surface area (Å²) in [6.07, 6.45) is 5.16. The number of hydrogen-bond donors (Lipinski definition) is 2. The van der Waals surface area contributed by atoms with Crippen LogP contribution in [0.3, 0.4) is 0 Å². The molecule has 6 nitrogen and oxygen atoms in total. The highest BCUT2D eigenvalue weighted by Gasteiger charge is 2.44. The minimum absolute atomic E-state index is 0.103. The van der Waals surface area contributed by atoms with Crippen LogP contribution in [-0.2, 0) is 25.5 Å². The molecule has 6 heteroatoms. The molecule has 0 saturated heterocycles. The minimum Gasteiger partial charge on any atom is -0.455 e. The summed E-state index contributed by atoms with van der Waals surface area (Å²) >= 11 is 0. The van der Waals surface area contributed by atoms with E-state index in [0.29, 0.717) is 12.0 Å². The first-order valence-electron chi connectivity index (χ1n) is 8.52. The van der Waals surface area contributed by atoms with Gasteiger partial charge in [-0.2, -0.15) is 0 Å². The highest BCUT2D eigenvalue weighted by molar-refractivity contribution is 5.92. The summed E-state index contributed by atoms with van der Waals surface area (Å²) in [5.74, 6) is -4.10. The van der Waals surface area contributed by atoms with Crippen molar-refractivity contribution in [2.24, 2.45) is 0 Å². The third-order valence-corrected chi connectivity index (χ3v) is 3.64. The predicted octanol–water partition coefficient (Wildman–Crippen LogP) is 2.24. The van der Waals surface area contributed by atoms with Crippen LogP contribution in [0.15, 0.2) is 54.3 Å². The third-order valence-electron chi connectivity index (χ3n) is 3.64. The van der Waals surface area contributed by atoms with Gasteiger partial charge >= 0.3 is 17.7 Å². The quantitative estimate of drug-likeness (QED) is 0.599. The van der Waals surface area contributed by atoms with Gasteiger partial charge in [0.15, 0.2) is 0 Å². The van der Waals surface area contributed by atoms with Gasteiger partial charge in [-0.1, -0.05) is 30.3 Å². The van der Waals surface area contributed by atoms with E-state index in [1.165, 1.54) is 0 Å². The zero-order valence-electron chi connectivity index (χ0n) is 15.3. The number of allylic oxidation sites excluding steroid dienone is 2. The lowest BCUT2D eigenvalue weighted by Gasteiger charge is -2.30. The van der Waals surface area contributed by atoms with Crippen LogP contribution in [-0.4, -0.2) is 35.0 Å². The van der Waals surface area contributed by atoms with E-state index in [2.05, 4.69) is 5.32 Å². The fourth-order valence-corrected chi connectivity index (χ4v) is 2.33. The first kappa shape index (κ1) is 19.7. The van der Waals surface area contributed by atoms with E-state index in [9.17, 15) is 14.7 Å². The Bertz CT molecular complexity index is 703. The highest BCUT2D eigenvalue weighted by atomic mass is 16.7. The van der Waals surface area contributed by atoms with Crippen LogP contribution >= 0.6 is 0 Å². The van der Waals surface area contributed by atoms with Crippen molar-refractivity contribution in [2.45, 2.75) is 45.0 Å². The number of dihydropyridines is 1. The second-order valence-electron chi connectivity index (χ2n) is 7.09. The molecule has 0 saturated carbocycles. The van der Waals surface area contributed by atoms with Gasteiger partial charge in [0, 0.05) is 13.0 Å². The minimum atomic E-state index is -2.36. The highest BCUT2D eigenvalue weighted by Crippen LogP contribution is 2.23. The Labute approximate surface area is 153 Å². The summed E-state index contributed by atoms with van der Waals surface area (Å²) in [4.78, 5) is 24.9. The van der Waals surface area contributed by atoms with Gasteiger partial charge in [-0.15, -0.1) is 0 Å². The summed E-state index contributed by atoms with van der Waals surface area (Å²) in [6.45, 7) is 5.31. The molecule has 0 bridgehead atoms. The van der Waals surface area contributed by atoms with Crippen LogP contribution in [0.1, 0.15) is 32.8 Å². The Morgan fingerprint density at radius 2 is 1.85 bits per heavy atom. The molecule has 0 fully saturated rings. The van der Waals surface area contributed by atoms with E-state index >= 15 is 0 Å². The summed E-state index contributed by atoms with van der Waals surface area (Å²) in [6, 6.07) is 9.34. The number of carbonyl (C=O) groups is 2. The average Bonchev–Trinajstić information content (AvgIpc) is 2.60. The molecule has 1 aromatic rings. The van der Waals surface area contributed by atoms with Crippen molar-refractivity contribution in [3.8, 4) is 0 Å². The maximum absolute atomic E-state index is 12.5. The number of ether oxygens (including phenoxy) is 2. The molecular weight excluding hydrogens is 334 g/mol. The monoisotopic (exact) mass is 359 g/mol. The van der Waals surface area contributed by atoms with Gasteiger partial charge in [-0.25, -0.2) is 9.59 Å². The molecule has 0 spiro atoms. The molecule has 0 radical (unpaired) electrons. The molecule has 1 aliphatic rings. The number of aliphatic hydroxyl groups is 1. The van der Waals surface area contributed by atoms with E-state index in [1.807, 2.05) is 30.3 Å². The van der Waals surface area contributed by atoms with Crippen molar-refractivity contribution in [2.75, 3.05) is 6.54 Å². The molecule has 1 atom stereocenters. The van der Waals surface area contributed by atoms with Crippen LogP contribution in [0.2, 0.25) is 0 Å². The zero-order valence-corrected chi connectivity index (χ0v) is 15.3. The SMILES string of the molecule is CC(C)(C)OC(=O)[C@@](O)(CCc1ccccc1)OC(=O)C1=CC=CNC1. The van der Waals surface area contributed by atoms with E-state index < -0.39 is 23.3 Å². The average molecular weight is 359 g/mol. The maximum atomic E-state index is 12.5. The summed E-state index contributed by atoms with van der Waals surface area (Å²) in [5, 5.41) is 13.7. The van der Waals surface area contributed by atoms with Crippen LogP contribution in [0, 0.1) is 0 Å². The molecular formula is C20H25NO5. The van der Waals surface area contributed by atoms with Gasteiger partial charge in [0.25, 0.3) is 0 Å². The van der Waals surface area contributed by atoms with E-state index in [4.69, 9.17) is 9.47 Å². The Morgan fingerprint density at radius 1 is 1.15 bits per heavy atom. The van der Waals surface area contributed by atoms with Crippen molar-refractivity contribution in [3.05, 3.63) is 59.8 Å². The molecule has 1 heterocycles. The molecule has 0 amide bonds. The van der Waals surface area contributed by atoms with E-state index in [-0.39, 0.29) is 13.0 Å². The van der Waals surface area contributed by atoms with Gasteiger partial charge < -0.3 is 19.9 Å². The Morgan fingerprint density at radius 3 is 2.42 bits per heavy atom. The molecule has 1 aliphatic heterocycles. The largest absolute Gasteiger partial charge is 0.455 e. The molecule has 0 unspecified atom stereocenters. The molecule has 140 valence electrons. The lowest BCUT2D eigenvalue weighted by molar-refractivity contribution is -0.233. The molecule has 0 aliphatic carbocycles. The number of esters is 2. The summed E-state index contributed by atoms with van der Waals surface area (Å²) < 4.78 is 10.5. The topological polar surface area (TPSA) is 84.9 Å². The van der Waals surface area contributed by atoms with Crippen LogP contribution in [0.4, 0.5) is 0 Å². The van der Waals surface area contributed by atoms with Crippen molar-refractivity contribution in [1.82, 2.24) is 5.32 Å². The molecule has 0 aromatic heterocycles. The van der Waals surface area contributed by atoms with Crippen molar-refractivity contribution in [1.29, 1.82) is 0 Å². The van der Waals surface area contributed by atoms with Crippen molar-refractivity contribution in [3.63, 3.8) is 0 Å². The fourth-order valence-electron chi connectivity index (χ4n) is 2.33. The lowest BCUT2D eigenvalue weighted by atomic mass is 10.0. The summed E-state index contributed by atoms with van der Waals surface area (Å²) in [7, 11) is 0. The zero-order chi connectivity index (χ0) is 19.2. The van der Waals surface area contributed by atoms with Crippen LogP contribution in [0.25, 0.3) is 0 Å². The van der Waals surface area contributed by atoms with E-state index in [1.54, 1.807) is 39.1 Å². The molecule has 26 heavy (non-hydrogen) atoms. The van der Waals surface area contributed by atoms with Crippen LogP contribution in [0.5, 0.6) is 0 Å². The van der Waals surface area contributed by atoms with Crippen molar-refractivity contribution >= 4 is 11.9 Å². The lowest BCUT2D eigenvalue weighted by Crippen LogP contribution is -2.48. The van der Waals surface area contributed by atoms with Gasteiger partial charge in [0.05, 0.1) is 5.57 Å². The van der Waals surface area contributed by atoms with Gasteiger partial charge in [0.2, 0.25) is 0 Å². The maximum Gasteiger partial charge on any atom is 0.380 e. The Kier molecular flexibility index (Phi) is 6.21. The summed E-state index contributed by atoms with van der Waals surface area (Å²) in [5.41, 5.74) is 0.403. The van der Waals surface area contributed by atoms with Gasteiger partial charge in [-0.3, -0.25) is 0 Å². The predicted molar refractivity (Wildman–Crippen MR) is 96.9 cm³/mol. The van der Waals surface area contributed by atoms with E-state index in [0.717, 1.165) is 5.56 Å². The van der Waals surface area contributed by atoms with Crippen LogP contribution < -0.4 is 5.32 Å². The number of benzene rings is 1. The molecule has 2 rings (SSSR count). The second-order valence-corrected chi connectivity index (χ2v) is 7.09. The Balaban J connectivity index is 2.16. The van der Waals surface area contributed by atoms with Gasteiger partial charge in [-0.05, 0) is 51.1 Å². The molecule has 1 aromatic carbocycles. The number of hydrogen-bond acceptors (Lipinski definition) is 6. The smallest absolute Gasteiger partial charge is 0.380 e. The number of carbonyl (C=O) groups excluding carboxylic acids is 2. The number of nitrogens with one attached hydrogen (secondary N) is 1. The third kappa shape index (κ3) is 5.74. The standard InChI is InChI=1S/C20H25NO5/c1-19(2,3)26-18(23)20(24,12-11-15-8-5-4-6-9-15)25-17(22)16-10-7-13-21-14-16/h4-10,13,21,24H,11-12,14H2,1-3H3/t20-/m1/s1. The van der Waals surface area contributed by atoms with Gasteiger partial charge in [0.1, 0.15) is 5.60 Å². The number of rotatable bonds is 6. The normalized spacial score (nSPS) is 16.1. The number of aryl methyl sites for hydroxylation is 1. The van der Waals surface area contributed by atoms with Crippen molar-refractivity contribution < 1.29 is 24.2 Å².